The SMILES string of the molecule is COc1ccc(S[C@@H]2C[C@H]3CC[C@@H](C2)N3C)cc1. The second-order valence-corrected chi connectivity index (χ2v) is 6.81. The second-order valence-electron chi connectivity index (χ2n) is 5.44. The number of ether oxygens (including phenoxy) is 1. The highest BCUT2D eigenvalue weighted by Crippen LogP contribution is 2.41. The molecule has 0 N–H and O–H groups in total. The fourth-order valence-electron chi connectivity index (χ4n) is 3.30. The number of rotatable bonds is 3. The highest BCUT2D eigenvalue weighted by Gasteiger charge is 2.38. The average molecular weight is 263 g/mol. The first kappa shape index (κ1) is 12.4. The van der Waals surface area contributed by atoms with Gasteiger partial charge in [0.2, 0.25) is 0 Å². The average Bonchev–Trinajstić information content (AvgIpc) is 2.63. The Balaban J connectivity index is 1.63. The molecule has 0 spiro atoms. The molecule has 3 atom stereocenters. The lowest BCUT2D eigenvalue weighted by Gasteiger charge is -2.36. The molecule has 2 aliphatic rings. The van der Waals surface area contributed by atoms with Crippen molar-refractivity contribution in [1.29, 1.82) is 0 Å². The normalized spacial score (nSPS) is 31.6. The number of methoxy groups -OCH3 is 1. The summed E-state index contributed by atoms with van der Waals surface area (Å²) in [6.07, 6.45) is 5.51. The molecule has 2 fully saturated rings. The van der Waals surface area contributed by atoms with Crippen LogP contribution < -0.4 is 4.74 Å². The van der Waals surface area contributed by atoms with Crippen LogP contribution >= 0.6 is 11.8 Å². The largest absolute Gasteiger partial charge is 0.497 e. The van der Waals surface area contributed by atoms with E-state index < -0.39 is 0 Å². The molecule has 0 unspecified atom stereocenters. The maximum atomic E-state index is 5.20. The van der Waals surface area contributed by atoms with Gasteiger partial charge in [-0.2, -0.15) is 0 Å². The number of piperidine rings is 1. The minimum atomic E-state index is 0.798. The summed E-state index contributed by atoms with van der Waals surface area (Å²) in [5.74, 6) is 0.947. The number of hydrogen-bond acceptors (Lipinski definition) is 3. The third-order valence-corrected chi connectivity index (χ3v) is 5.68. The first-order valence-corrected chi connectivity index (χ1v) is 7.67. The standard InChI is InChI=1S/C15H21NOS/c1-16-11-3-4-12(16)10-15(9-11)18-14-7-5-13(17-2)6-8-14/h5-8,11-12,15H,3-4,9-10H2,1-2H3/t11-,12+,15-. The lowest BCUT2D eigenvalue weighted by molar-refractivity contribution is 0.183. The first-order chi connectivity index (χ1) is 8.76. The Bertz CT molecular complexity index is 391. The Morgan fingerprint density at radius 1 is 1.11 bits per heavy atom. The van der Waals surface area contributed by atoms with Crippen LogP contribution in [0, 0.1) is 0 Å². The molecular weight excluding hydrogens is 242 g/mol. The van der Waals surface area contributed by atoms with Gasteiger partial charge in [0.25, 0.3) is 0 Å². The molecule has 0 saturated carbocycles. The smallest absolute Gasteiger partial charge is 0.118 e. The van der Waals surface area contributed by atoms with Crippen molar-refractivity contribution in [2.45, 2.75) is 47.9 Å². The van der Waals surface area contributed by atoms with E-state index in [1.807, 2.05) is 0 Å². The van der Waals surface area contributed by atoms with Gasteiger partial charge in [-0.25, -0.2) is 0 Å². The van der Waals surface area contributed by atoms with E-state index in [9.17, 15) is 0 Å². The quantitative estimate of drug-likeness (QED) is 0.829. The highest BCUT2D eigenvalue weighted by atomic mass is 32.2. The van der Waals surface area contributed by atoms with Crippen molar-refractivity contribution in [2.24, 2.45) is 0 Å². The van der Waals surface area contributed by atoms with Crippen LogP contribution in [0.3, 0.4) is 0 Å². The van der Waals surface area contributed by atoms with E-state index in [0.29, 0.717) is 0 Å². The zero-order chi connectivity index (χ0) is 12.5. The van der Waals surface area contributed by atoms with Crippen molar-refractivity contribution in [3.63, 3.8) is 0 Å². The maximum absolute atomic E-state index is 5.20. The minimum Gasteiger partial charge on any atom is -0.497 e. The summed E-state index contributed by atoms with van der Waals surface area (Å²) in [6.45, 7) is 0. The van der Waals surface area contributed by atoms with E-state index in [2.05, 4.69) is 48.0 Å². The molecule has 2 aliphatic heterocycles. The number of fused-ring (bicyclic) bond motifs is 2. The molecule has 3 heteroatoms. The van der Waals surface area contributed by atoms with Crippen LogP contribution in [0.1, 0.15) is 25.7 Å². The van der Waals surface area contributed by atoms with E-state index in [0.717, 1.165) is 23.1 Å². The van der Waals surface area contributed by atoms with Gasteiger partial charge in [0.1, 0.15) is 5.75 Å². The molecule has 98 valence electrons. The monoisotopic (exact) mass is 263 g/mol. The zero-order valence-corrected chi connectivity index (χ0v) is 12.0. The molecule has 0 amide bonds. The Hall–Kier alpha value is -0.670. The molecule has 3 rings (SSSR count). The van der Waals surface area contributed by atoms with Gasteiger partial charge in [0.15, 0.2) is 0 Å². The molecule has 0 radical (unpaired) electrons. The Morgan fingerprint density at radius 3 is 2.28 bits per heavy atom. The lowest BCUT2D eigenvalue weighted by atomic mass is 10.0. The van der Waals surface area contributed by atoms with Gasteiger partial charge in [0, 0.05) is 22.2 Å². The summed E-state index contributed by atoms with van der Waals surface area (Å²) >= 11 is 2.05. The van der Waals surface area contributed by atoms with Crippen LogP contribution in [-0.4, -0.2) is 36.4 Å². The molecule has 18 heavy (non-hydrogen) atoms. The molecule has 2 heterocycles. The van der Waals surface area contributed by atoms with Crippen LogP contribution in [0.15, 0.2) is 29.2 Å². The van der Waals surface area contributed by atoms with Crippen LogP contribution in [0.5, 0.6) is 5.75 Å². The zero-order valence-electron chi connectivity index (χ0n) is 11.1. The van der Waals surface area contributed by atoms with Gasteiger partial charge in [0.05, 0.1) is 7.11 Å². The summed E-state index contributed by atoms with van der Waals surface area (Å²) in [6, 6.07) is 10.2. The number of nitrogens with zero attached hydrogens (tertiary/aromatic N) is 1. The van der Waals surface area contributed by atoms with Crippen LogP contribution in [-0.2, 0) is 0 Å². The molecule has 1 aromatic rings. The topological polar surface area (TPSA) is 12.5 Å². The Kier molecular flexibility index (Phi) is 3.53. The summed E-state index contributed by atoms with van der Waals surface area (Å²) in [4.78, 5) is 3.98. The van der Waals surface area contributed by atoms with E-state index in [-0.39, 0.29) is 0 Å². The van der Waals surface area contributed by atoms with Crippen molar-refractivity contribution < 1.29 is 4.74 Å². The van der Waals surface area contributed by atoms with Crippen molar-refractivity contribution in [1.82, 2.24) is 4.90 Å². The van der Waals surface area contributed by atoms with Crippen molar-refractivity contribution in [3.8, 4) is 5.75 Å². The van der Waals surface area contributed by atoms with Gasteiger partial charge in [-0.05, 0) is 57.0 Å². The van der Waals surface area contributed by atoms with E-state index in [4.69, 9.17) is 4.74 Å². The molecular formula is C15H21NOS. The summed E-state index contributed by atoms with van der Waals surface area (Å²) < 4.78 is 5.20. The Morgan fingerprint density at radius 2 is 1.72 bits per heavy atom. The molecule has 0 aromatic heterocycles. The third-order valence-electron chi connectivity index (χ3n) is 4.42. The van der Waals surface area contributed by atoms with E-state index >= 15 is 0 Å². The van der Waals surface area contributed by atoms with E-state index in [1.54, 1.807) is 7.11 Å². The van der Waals surface area contributed by atoms with Crippen LogP contribution in [0.4, 0.5) is 0 Å². The molecule has 2 bridgehead atoms. The van der Waals surface area contributed by atoms with Gasteiger partial charge in [-0.1, -0.05) is 0 Å². The van der Waals surface area contributed by atoms with Crippen LogP contribution in [0.25, 0.3) is 0 Å². The minimum absolute atomic E-state index is 0.798. The number of thioether (sulfide) groups is 1. The fourth-order valence-corrected chi connectivity index (χ4v) is 4.62. The van der Waals surface area contributed by atoms with Crippen molar-refractivity contribution in [3.05, 3.63) is 24.3 Å². The molecule has 1 aromatic carbocycles. The van der Waals surface area contributed by atoms with Crippen molar-refractivity contribution in [2.75, 3.05) is 14.2 Å². The maximum Gasteiger partial charge on any atom is 0.118 e. The Labute approximate surface area is 114 Å². The predicted octanol–water partition coefficient (Wildman–Crippen LogP) is 3.41. The van der Waals surface area contributed by atoms with Gasteiger partial charge >= 0.3 is 0 Å². The molecule has 0 aliphatic carbocycles. The summed E-state index contributed by atoms with van der Waals surface area (Å²) in [7, 11) is 4.02. The van der Waals surface area contributed by atoms with Gasteiger partial charge in [-0.15, -0.1) is 11.8 Å². The highest BCUT2D eigenvalue weighted by molar-refractivity contribution is 8.00. The lowest BCUT2D eigenvalue weighted by Crippen LogP contribution is -2.40. The van der Waals surface area contributed by atoms with Gasteiger partial charge < -0.3 is 9.64 Å². The van der Waals surface area contributed by atoms with Crippen LogP contribution in [0.2, 0.25) is 0 Å². The summed E-state index contributed by atoms with van der Waals surface area (Å²) in [5, 5.41) is 0.798. The van der Waals surface area contributed by atoms with Crippen molar-refractivity contribution >= 4 is 11.8 Å². The van der Waals surface area contributed by atoms with E-state index in [1.165, 1.54) is 30.6 Å². The molecule has 2 nitrogen and oxygen atoms in total. The number of hydrogen-bond donors (Lipinski definition) is 0. The first-order valence-electron chi connectivity index (χ1n) is 6.79. The fraction of sp³-hybridized carbons (Fsp3) is 0.600. The third kappa shape index (κ3) is 2.39. The summed E-state index contributed by atoms with van der Waals surface area (Å²) in [5.41, 5.74) is 0. The predicted molar refractivity (Wildman–Crippen MR) is 76.4 cm³/mol. The second kappa shape index (κ2) is 5.14. The molecule has 2 saturated heterocycles. The van der Waals surface area contributed by atoms with Gasteiger partial charge in [-0.3, -0.25) is 0 Å². The number of benzene rings is 1.